The second-order valence-electron chi connectivity index (χ2n) is 4.22. The van der Waals surface area contributed by atoms with E-state index in [9.17, 15) is 9.18 Å². The summed E-state index contributed by atoms with van der Waals surface area (Å²) < 4.78 is 22.5. The molecule has 0 radical (unpaired) electrons. The molecule has 0 saturated heterocycles. The molecule has 0 atom stereocenters. The zero-order chi connectivity index (χ0) is 14.9. The Labute approximate surface area is 122 Å². The van der Waals surface area contributed by atoms with E-state index in [-0.39, 0.29) is 13.2 Å². The van der Waals surface area contributed by atoms with Gasteiger partial charge in [0.1, 0.15) is 25.6 Å². The van der Waals surface area contributed by atoms with Crippen LogP contribution in [-0.2, 0) is 11.3 Å². The minimum Gasteiger partial charge on any atom is -0.489 e. The smallest absolute Gasteiger partial charge is 0.412 e. The van der Waals surface area contributed by atoms with Gasteiger partial charge in [0.05, 0.1) is 5.69 Å². The fraction of sp³-hybridized carbons (Fsp3) is 0.188. The Balaban J connectivity index is 1.90. The number of para-hydroxylation sites is 2. The lowest BCUT2D eigenvalue weighted by Gasteiger charge is -2.11. The molecule has 4 nitrogen and oxygen atoms in total. The number of benzene rings is 2. The van der Waals surface area contributed by atoms with Gasteiger partial charge in [0.15, 0.2) is 0 Å². The van der Waals surface area contributed by atoms with Gasteiger partial charge < -0.3 is 9.47 Å². The molecule has 1 N–H and O–H groups in total. The topological polar surface area (TPSA) is 47.6 Å². The zero-order valence-electron chi connectivity index (χ0n) is 11.4. The Morgan fingerprint density at radius 2 is 1.76 bits per heavy atom. The van der Waals surface area contributed by atoms with Crippen LogP contribution in [0, 0.1) is 0 Å². The van der Waals surface area contributed by atoms with Crippen molar-refractivity contribution in [2.75, 3.05) is 18.6 Å². The van der Waals surface area contributed by atoms with Crippen molar-refractivity contribution in [3.8, 4) is 5.75 Å². The van der Waals surface area contributed by atoms with Crippen molar-refractivity contribution in [2.45, 2.75) is 6.61 Å². The second kappa shape index (κ2) is 7.89. The van der Waals surface area contributed by atoms with Gasteiger partial charge in [-0.05, 0) is 17.7 Å². The average molecular weight is 289 g/mol. The number of amides is 1. The van der Waals surface area contributed by atoms with Gasteiger partial charge in [0.25, 0.3) is 0 Å². The zero-order valence-corrected chi connectivity index (χ0v) is 11.4. The molecular weight excluding hydrogens is 273 g/mol. The third kappa shape index (κ3) is 4.80. The van der Waals surface area contributed by atoms with Crippen molar-refractivity contribution in [2.24, 2.45) is 0 Å². The predicted molar refractivity (Wildman–Crippen MR) is 78.2 cm³/mol. The molecule has 2 aromatic rings. The first-order valence-electron chi connectivity index (χ1n) is 6.55. The summed E-state index contributed by atoms with van der Waals surface area (Å²) in [4.78, 5) is 11.7. The number of carbonyl (C=O) groups excluding carboxylic acids is 1. The second-order valence-corrected chi connectivity index (χ2v) is 4.22. The van der Waals surface area contributed by atoms with Crippen molar-refractivity contribution in [3.05, 3.63) is 60.2 Å². The van der Waals surface area contributed by atoms with Crippen LogP contribution in [0.4, 0.5) is 14.9 Å². The molecule has 0 heterocycles. The summed E-state index contributed by atoms with van der Waals surface area (Å²) >= 11 is 0. The van der Waals surface area contributed by atoms with Crippen LogP contribution in [0.15, 0.2) is 54.6 Å². The largest absolute Gasteiger partial charge is 0.489 e. The van der Waals surface area contributed by atoms with E-state index in [1.165, 1.54) is 0 Å². The number of anilines is 1. The maximum Gasteiger partial charge on any atom is 0.412 e. The van der Waals surface area contributed by atoms with Crippen LogP contribution in [0.5, 0.6) is 5.75 Å². The molecule has 0 aliphatic rings. The Morgan fingerprint density at radius 3 is 2.52 bits per heavy atom. The number of ether oxygens (including phenoxy) is 2. The molecule has 21 heavy (non-hydrogen) atoms. The van der Waals surface area contributed by atoms with E-state index in [1.807, 2.05) is 30.3 Å². The van der Waals surface area contributed by atoms with Crippen LogP contribution >= 0.6 is 0 Å². The highest BCUT2D eigenvalue weighted by Crippen LogP contribution is 2.23. The fourth-order valence-electron chi connectivity index (χ4n) is 1.71. The highest BCUT2D eigenvalue weighted by Gasteiger charge is 2.08. The van der Waals surface area contributed by atoms with E-state index in [1.54, 1.807) is 24.3 Å². The Hall–Kier alpha value is -2.56. The molecule has 5 heteroatoms. The molecule has 0 bridgehead atoms. The highest BCUT2D eigenvalue weighted by molar-refractivity contribution is 5.86. The lowest BCUT2D eigenvalue weighted by Crippen LogP contribution is -2.14. The molecule has 0 aliphatic carbocycles. The highest BCUT2D eigenvalue weighted by atomic mass is 19.1. The molecule has 110 valence electrons. The van der Waals surface area contributed by atoms with Crippen molar-refractivity contribution in [1.29, 1.82) is 0 Å². The van der Waals surface area contributed by atoms with E-state index >= 15 is 0 Å². The van der Waals surface area contributed by atoms with Crippen molar-refractivity contribution in [3.63, 3.8) is 0 Å². The number of halogens is 1. The molecule has 0 aromatic heterocycles. The Bertz CT molecular complexity index is 575. The third-order valence-electron chi connectivity index (χ3n) is 2.67. The first kappa shape index (κ1) is 14.8. The Morgan fingerprint density at radius 1 is 1.05 bits per heavy atom. The first-order valence-corrected chi connectivity index (χ1v) is 6.55. The third-order valence-corrected chi connectivity index (χ3v) is 2.67. The normalized spacial score (nSPS) is 9.95. The van der Waals surface area contributed by atoms with Gasteiger partial charge in [-0.25, -0.2) is 9.18 Å². The lowest BCUT2D eigenvalue weighted by molar-refractivity contribution is 0.155. The van der Waals surface area contributed by atoms with Crippen LogP contribution in [0.1, 0.15) is 5.56 Å². The number of hydrogen-bond acceptors (Lipinski definition) is 3. The summed E-state index contributed by atoms with van der Waals surface area (Å²) in [7, 11) is 0. The summed E-state index contributed by atoms with van der Waals surface area (Å²) in [5.74, 6) is 0.409. The summed E-state index contributed by atoms with van der Waals surface area (Å²) in [6.45, 7) is -0.468. The standard InChI is InChI=1S/C16H16FNO3/c17-10-11-20-15-9-5-4-8-14(15)18-16(19)21-12-13-6-2-1-3-7-13/h1-9H,10-12H2,(H,18,19). The van der Waals surface area contributed by atoms with Crippen LogP contribution < -0.4 is 10.1 Å². The van der Waals surface area contributed by atoms with Crippen LogP contribution in [0.2, 0.25) is 0 Å². The van der Waals surface area contributed by atoms with Gasteiger partial charge in [-0.3, -0.25) is 5.32 Å². The van der Waals surface area contributed by atoms with E-state index in [4.69, 9.17) is 9.47 Å². The predicted octanol–water partition coefficient (Wildman–Crippen LogP) is 3.78. The van der Waals surface area contributed by atoms with Crippen LogP contribution in [-0.4, -0.2) is 19.4 Å². The summed E-state index contributed by atoms with van der Waals surface area (Å²) in [6.07, 6.45) is -0.588. The number of rotatable bonds is 6. The molecule has 2 rings (SSSR count). The number of hydrogen-bond donors (Lipinski definition) is 1. The lowest BCUT2D eigenvalue weighted by atomic mass is 10.2. The SMILES string of the molecule is O=C(Nc1ccccc1OCCF)OCc1ccccc1. The van der Waals surface area contributed by atoms with Gasteiger partial charge in [-0.1, -0.05) is 42.5 Å². The van der Waals surface area contributed by atoms with Crippen molar-refractivity contribution >= 4 is 11.8 Å². The van der Waals surface area contributed by atoms with Crippen LogP contribution in [0.3, 0.4) is 0 Å². The number of alkyl halides is 1. The minimum absolute atomic E-state index is 0.0578. The van der Waals surface area contributed by atoms with Crippen molar-refractivity contribution < 1.29 is 18.7 Å². The van der Waals surface area contributed by atoms with Gasteiger partial charge in [-0.2, -0.15) is 0 Å². The fourth-order valence-corrected chi connectivity index (χ4v) is 1.71. The van der Waals surface area contributed by atoms with Gasteiger partial charge in [-0.15, -0.1) is 0 Å². The molecule has 0 fully saturated rings. The van der Waals surface area contributed by atoms with E-state index in [0.717, 1.165) is 5.56 Å². The Kier molecular flexibility index (Phi) is 5.58. The molecule has 0 saturated carbocycles. The summed E-state index contributed by atoms with van der Waals surface area (Å²) in [5.41, 5.74) is 1.35. The van der Waals surface area contributed by atoms with Gasteiger partial charge in [0, 0.05) is 0 Å². The van der Waals surface area contributed by atoms with Gasteiger partial charge >= 0.3 is 6.09 Å². The first-order chi connectivity index (χ1) is 10.3. The number of carbonyl (C=O) groups is 1. The quantitative estimate of drug-likeness (QED) is 0.880. The monoisotopic (exact) mass is 289 g/mol. The summed E-state index contributed by atoms with van der Waals surface area (Å²) in [6, 6.07) is 16.2. The summed E-state index contributed by atoms with van der Waals surface area (Å²) in [5, 5.41) is 2.58. The molecular formula is C16H16FNO3. The van der Waals surface area contributed by atoms with Crippen LogP contribution in [0.25, 0.3) is 0 Å². The van der Waals surface area contributed by atoms with E-state index in [2.05, 4.69) is 5.32 Å². The maximum absolute atomic E-state index is 12.1. The number of nitrogens with one attached hydrogen (secondary N) is 1. The van der Waals surface area contributed by atoms with E-state index in [0.29, 0.717) is 11.4 Å². The average Bonchev–Trinajstić information content (AvgIpc) is 2.53. The molecule has 0 spiro atoms. The van der Waals surface area contributed by atoms with E-state index < -0.39 is 12.8 Å². The maximum atomic E-state index is 12.1. The molecule has 1 amide bonds. The molecule has 0 aliphatic heterocycles. The molecule has 0 unspecified atom stereocenters. The molecule has 2 aromatic carbocycles. The van der Waals surface area contributed by atoms with Crippen molar-refractivity contribution in [1.82, 2.24) is 0 Å². The minimum atomic E-state index is -0.590. The van der Waals surface area contributed by atoms with Gasteiger partial charge in [0.2, 0.25) is 0 Å².